The number of benzene rings is 2. The SMILES string of the molecule is CCc1ccc(-c2ccc(F)cc2)cc1-c1nccc(C)c1C. The maximum atomic E-state index is 13.2. The molecule has 0 N–H and O–H groups in total. The van der Waals surface area contributed by atoms with Crippen molar-refractivity contribution >= 4 is 0 Å². The van der Waals surface area contributed by atoms with E-state index in [1.165, 1.54) is 28.8 Å². The van der Waals surface area contributed by atoms with Gasteiger partial charge in [-0.1, -0.05) is 31.2 Å². The molecule has 0 spiro atoms. The van der Waals surface area contributed by atoms with Crippen LogP contribution in [0.1, 0.15) is 23.6 Å². The van der Waals surface area contributed by atoms with Crippen LogP contribution in [0, 0.1) is 19.7 Å². The lowest BCUT2D eigenvalue weighted by Gasteiger charge is -2.14. The molecular weight excluding hydrogens is 285 g/mol. The maximum Gasteiger partial charge on any atom is 0.123 e. The number of rotatable bonds is 3. The summed E-state index contributed by atoms with van der Waals surface area (Å²) in [7, 11) is 0. The molecule has 23 heavy (non-hydrogen) atoms. The van der Waals surface area contributed by atoms with Crippen molar-refractivity contribution in [3.63, 3.8) is 0 Å². The summed E-state index contributed by atoms with van der Waals surface area (Å²) in [4.78, 5) is 4.61. The Labute approximate surface area is 136 Å². The Morgan fingerprint density at radius 3 is 2.30 bits per heavy atom. The minimum Gasteiger partial charge on any atom is -0.256 e. The van der Waals surface area contributed by atoms with Crippen LogP contribution in [0.15, 0.2) is 54.7 Å². The molecule has 116 valence electrons. The van der Waals surface area contributed by atoms with Gasteiger partial charge in [0.25, 0.3) is 0 Å². The Balaban J connectivity index is 2.17. The Kier molecular flexibility index (Phi) is 4.24. The van der Waals surface area contributed by atoms with Gasteiger partial charge in [0.15, 0.2) is 0 Å². The third kappa shape index (κ3) is 3.02. The molecule has 3 rings (SSSR count). The minimum atomic E-state index is -0.213. The Bertz CT molecular complexity index is 835. The summed E-state index contributed by atoms with van der Waals surface area (Å²) in [5, 5.41) is 0. The second-order valence-corrected chi connectivity index (χ2v) is 5.83. The quantitative estimate of drug-likeness (QED) is 0.602. The van der Waals surface area contributed by atoms with Crippen molar-refractivity contribution in [2.45, 2.75) is 27.2 Å². The highest BCUT2D eigenvalue weighted by atomic mass is 19.1. The van der Waals surface area contributed by atoms with Gasteiger partial charge in [-0.2, -0.15) is 0 Å². The van der Waals surface area contributed by atoms with Crippen LogP contribution in [-0.2, 0) is 6.42 Å². The molecule has 0 saturated heterocycles. The topological polar surface area (TPSA) is 12.9 Å². The van der Waals surface area contributed by atoms with Gasteiger partial charge in [0.05, 0.1) is 5.69 Å². The number of nitrogens with zero attached hydrogens (tertiary/aromatic N) is 1. The molecule has 1 nitrogen and oxygen atoms in total. The van der Waals surface area contributed by atoms with Crippen molar-refractivity contribution in [1.29, 1.82) is 0 Å². The van der Waals surface area contributed by atoms with Crippen LogP contribution in [0.4, 0.5) is 4.39 Å². The highest BCUT2D eigenvalue weighted by Gasteiger charge is 2.11. The fourth-order valence-electron chi connectivity index (χ4n) is 2.83. The molecule has 0 unspecified atom stereocenters. The second kappa shape index (κ2) is 6.33. The molecular formula is C21H20FN. The number of hydrogen-bond acceptors (Lipinski definition) is 1. The number of hydrogen-bond donors (Lipinski definition) is 0. The average Bonchev–Trinajstić information content (AvgIpc) is 2.57. The zero-order chi connectivity index (χ0) is 16.4. The third-order valence-electron chi connectivity index (χ3n) is 4.40. The van der Waals surface area contributed by atoms with Crippen molar-refractivity contribution in [3.05, 3.63) is 77.2 Å². The highest BCUT2D eigenvalue weighted by molar-refractivity contribution is 5.75. The Morgan fingerprint density at radius 1 is 0.913 bits per heavy atom. The van der Waals surface area contributed by atoms with Crippen LogP contribution in [0.2, 0.25) is 0 Å². The van der Waals surface area contributed by atoms with Crippen molar-refractivity contribution in [2.24, 2.45) is 0 Å². The Morgan fingerprint density at radius 2 is 1.61 bits per heavy atom. The van der Waals surface area contributed by atoms with Crippen LogP contribution in [0.25, 0.3) is 22.4 Å². The van der Waals surface area contributed by atoms with Gasteiger partial charge in [-0.05, 0) is 72.4 Å². The van der Waals surface area contributed by atoms with Gasteiger partial charge in [-0.15, -0.1) is 0 Å². The van der Waals surface area contributed by atoms with Crippen molar-refractivity contribution in [2.75, 3.05) is 0 Å². The summed E-state index contributed by atoms with van der Waals surface area (Å²) in [5.41, 5.74) is 8.02. The summed E-state index contributed by atoms with van der Waals surface area (Å²) < 4.78 is 13.2. The third-order valence-corrected chi connectivity index (χ3v) is 4.40. The van der Waals surface area contributed by atoms with E-state index in [0.29, 0.717) is 0 Å². The van der Waals surface area contributed by atoms with Crippen LogP contribution < -0.4 is 0 Å². The molecule has 0 amide bonds. The van der Waals surface area contributed by atoms with Crippen molar-refractivity contribution < 1.29 is 4.39 Å². The van der Waals surface area contributed by atoms with Crippen molar-refractivity contribution in [1.82, 2.24) is 4.98 Å². The first-order valence-electron chi connectivity index (χ1n) is 7.91. The van der Waals surface area contributed by atoms with E-state index in [1.807, 2.05) is 24.4 Å². The van der Waals surface area contributed by atoms with E-state index in [4.69, 9.17) is 0 Å². The number of aromatic nitrogens is 1. The summed E-state index contributed by atoms with van der Waals surface area (Å²) >= 11 is 0. The van der Waals surface area contributed by atoms with Crippen molar-refractivity contribution in [3.8, 4) is 22.4 Å². The maximum absolute atomic E-state index is 13.2. The molecule has 0 atom stereocenters. The van der Waals surface area contributed by atoms with Gasteiger partial charge in [0.1, 0.15) is 5.82 Å². The molecule has 1 heterocycles. The zero-order valence-electron chi connectivity index (χ0n) is 13.7. The monoisotopic (exact) mass is 305 g/mol. The lowest BCUT2D eigenvalue weighted by atomic mass is 9.93. The summed E-state index contributed by atoms with van der Waals surface area (Å²) in [5.74, 6) is -0.213. The van der Waals surface area contributed by atoms with E-state index in [0.717, 1.165) is 28.8 Å². The standard InChI is InChI=1S/C21H20FN/c1-4-16-5-6-18(17-7-9-19(22)10-8-17)13-20(16)21-15(3)14(2)11-12-23-21/h5-13H,4H2,1-3H3. The second-order valence-electron chi connectivity index (χ2n) is 5.83. The smallest absolute Gasteiger partial charge is 0.123 e. The first-order chi connectivity index (χ1) is 11.1. The van der Waals surface area contributed by atoms with Crippen LogP contribution in [0.3, 0.4) is 0 Å². The van der Waals surface area contributed by atoms with E-state index in [9.17, 15) is 4.39 Å². The highest BCUT2D eigenvalue weighted by Crippen LogP contribution is 2.31. The fourth-order valence-corrected chi connectivity index (χ4v) is 2.83. The van der Waals surface area contributed by atoms with Crippen LogP contribution >= 0.6 is 0 Å². The predicted octanol–water partition coefficient (Wildman–Crippen LogP) is 5.73. The number of aryl methyl sites for hydroxylation is 2. The molecule has 0 aliphatic rings. The minimum absolute atomic E-state index is 0.213. The zero-order valence-corrected chi connectivity index (χ0v) is 13.7. The van der Waals surface area contributed by atoms with Crippen LogP contribution in [0.5, 0.6) is 0 Å². The van der Waals surface area contributed by atoms with Gasteiger partial charge in [0, 0.05) is 11.8 Å². The summed E-state index contributed by atoms with van der Waals surface area (Å²) in [6, 6.07) is 15.1. The molecule has 0 fully saturated rings. The van der Waals surface area contributed by atoms with E-state index in [-0.39, 0.29) is 5.82 Å². The largest absolute Gasteiger partial charge is 0.256 e. The van der Waals surface area contributed by atoms with E-state index in [2.05, 4.69) is 44.0 Å². The van der Waals surface area contributed by atoms with E-state index < -0.39 is 0 Å². The van der Waals surface area contributed by atoms with E-state index in [1.54, 1.807) is 0 Å². The summed E-state index contributed by atoms with van der Waals surface area (Å²) in [6.45, 7) is 6.37. The molecule has 2 heteroatoms. The van der Waals surface area contributed by atoms with Gasteiger partial charge in [-0.25, -0.2) is 4.39 Å². The molecule has 0 saturated carbocycles. The predicted molar refractivity (Wildman–Crippen MR) is 93.9 cm³/mol. The first-order valence-corrected chi connectivity index (χ1v) is 7.91. The average molecular weight is 305 g/mol. The first kappa shape index (κ1) is 15.4. The number of pyridine rings is 1. The molecule has 3 aromatic rings. The molecule has 0 aliphatic heterocycles. The molecule has 0 radical (unpaired) electrons. The van der Waals surface area contributed by atoms with Gasteiger partial charge in [0.2, 0.25) is 0 Å². The molecule has 0 bridgehead atoms. The fraction of sp³-hybridized carbons (Fsp3) is 0.190. The van der Waals surface area contributed by atoms with Gasteiger partial charge in [-0.3, -0.25) is 4.98 Å². The normalized spacial score (nSPS) is 10.8. The Hall–Kier alpha value is -2.48. The molecule has 2 aromatic carbocycles. The van der Waals surface area contributed by atoms with Gasteiger partial charge >= 0.3 is 0 Å². The van der Waals surface area contributed by atoms with Gasteiger partial charge < -0.3 is 0 Å². The number of halogens is 1. The van der Waals surface area contributed by atoms with E-state index >= 15 is 0 Å². The lowest BCUT2D eigenvalue weighted by Crippen LogP contribution is -1.96. The molecule has 0 aliphatic carbocycles. The lowest BCUT2D eigenvalue weighted by molar-refractivity contribution is 0.628. The molecule has 1 aromatic heterocycles. The van der Waals surface area contributed by atoms with Crippen LogP contribution in [-0.4, -0.2) is 4.98 Å². The summed E-state index contributed by atoms with van der Waals surface area (Å²) in [6.07, 6.45) is 2.82.